The first-order valence-corrected chi connectivity index (χ1v) is 19.9. The number of aromatic nitrogens is 1. The van der Waals surface area contributed by atoms with Crippen LogP contribution in [-0.4, -0.2) is 4.57 Å². The van der Waals surface area contributed by atoms with E-state index >= 15 is 0 Å². The fourth-order valence-corrected chi connectivity index (χ4v) is 8.70. The molecule has 0 saturated carbocycles. The van der Waals surface area contributed by atoms with Crippen LogP contribution in [0.25, 0.3) is 82.4 Å². The van der Waals surface area contributed by atoms with Crippen molar-refractivity contribution in [2.45, 2.75) is 0 Å². The van der Waals surface area contributed by atoms with Crippen LogP contribution in [0.2, 0.25) is 0 Å². The number of para-hydroxylation sites is 2. The maximum atomic E-state index is 2.40. The zero-order chi connectivity index (χ0) is 38.4. The van der Waals surface area contributed by atoms with Gasteiger partial charge in [-0.05, 0) is 128 Å². The molecular formula is C56H38N2. The van der Waals surface area contributed by atoms with Crippen LogP contribution in [0.4, 0.5) is 17.1 Å². The molecule has 11 aromatic rings. The van der Waals surface area contributed by atoms with E-state index in [1.54, 1.807) is 0 Å². The van der Waals surface area contributed by atoms with Crippen LogP contribution in [-0.2, 0) is 0 Å². The van der Waals surface area contributed by atoms with Gasteiger partial charge in [-0.25, -0.2) is 0 Å². The average molecular weight is 739 g/mol. The second-order valence-electron chi connectivity index (χ2n) is 15.0. The minimum absolute atomic E-state index is 1.11. The highest BCUT2D eigenvalue weighted by atomic mass is 15.1. The molecule has 58 heavy (non-hydrogen) atoms. The van der Waals surface area contributed by atoms with Crippen molar-refractivity contribution in [3.63, 3.8) is 0 Å². The SMILES string of the molecule is c1ccc(N(c2ccc(-c3ccc4ccccc4c3)cc2)c2ccc(-c3ccc4c(c3)c3ccccc3n4-c3ccc(-c4cccc5ccccc45)cc3)cc2)cc1. The second kappa shape index (κ2) is 14.1. The zero-order valence-corrected chi connectivity index (χ0v) is 31.8. The van der Waals surface area contributed by atoms with E-state index in [0.29, 0.717) is 0 Å². The number of benzene rings is 10. The Labute approximate surface area is 338 Å². The van der Waals surface area contributed by atoms with Crippen LogP contribution in [0.3, 0.4) is 0 Å². The second-order valence-corrected chi connectivity index (χ2v) is 15.0. The van der Waals surface area contributed by atoms with Gasteiger partial charge in [-0.3, -0.25) is 0 Å². The van der Waals surface area contributed by atoms with Gasteiger partial charge in [-0.2, -0.15) is 0 Å². The lowest BCUT2D eigenvalue weighted by molar-refractivity contribution is 1.18. The lowest BCUT2D eigenvalue weighted by Gasteiger charge is -2.26. The van der Waals surface area contributed by atoms with Gasteiger partial charge in [0, 0.05) is 33.5 Å². The lowest BCUT2D eigenvalue weighted by Crippen LogP contribution is -2.09. The maximum Gasteiger partial charge on any atom is 0.0541 e. The van der Waals surface area contributed by atoms with Crippen molar-refractivity contribution >= 4 is 60.4 Å². The summed E-state index contributed by atoms with van der Waals surface area (Å²) in [7, 11) is 0. The van der Waals surface area contributed by atoms with Gasteiger partial charge < -0.3 is 9.47 Å². The molecule has 0 amide bonds. The van der Waals surface area contributed by atoms with E-state index in [0.717, 1.165) is 22.7 Å². The molecule has 272 valence electrons. The van der Waals surface area contributed by atoms with Crippen LogP contribution in [0, 0.1) is 0 Å². The van der Waals surface area contributed by atoms with Gasteiger partial charge in [0.1, 0.15) is 0 Å². The predicted molar refractivity (Wildman–Crippen MR) is 247 cm³/mol. The molecule has 0 saturated heterocycles. The van der Waals surface area contributed by atoms with Crippen LogP contribution in [0.15, 0.2) is 231 Å². The normalized spacial score (nSPS) is 11.4. The molecule has 11 rings (SSSR count). The van der Waals surface area contributed by atoms with Crippen molar-refractivity contribution in [3.05, 3.63) is 231 Å². The number of hydrogen-bond donors (Lipinski definition) is 0. The smallest absolute Gasteiger partial charge is 0.0541 e. The Bertz CT molecular complexity index is 3240. The molecule has 0 fully saturated rings. The van der Waals surface area contributed by atoms with Crippen molar-refractivity contribution in [1.82, 2.24) is 4.57 Å². The highest BCUT2D eigenvalue weighted by Crippen LogP contribution is 2.39. The van der Waals surface area contributed by atoms with Gasteiger partial charge >= 0.3 is 0 Å². The average Bonchev–Trinajstić information content (AvgIpc) is 3.63. The first-order valence-electron chi connectivity index (χ1n) is 19.9. The van der Waals surface area contributed by atoms with Crippen molar-refractivity contribution in [2.24, 2.45) is 0 Å². The third kappa shape index (κ3) is 5.91. The van der Waals surface area contributed by atoms with Crippen molar-refractivity contribution in [3.8, 4) is 39.1 Å². The Kier molecular flexibility index (Phi) is 8.19. The molecule has 0 unspecified atom stereocenters. The van der Waals surface area contributed by atoms with E-state index in [9.17, 15) is 0 Å². The van der Waals surface area contributed by atoms with E-state index in [2.05, 4.69) is 240 Å². The topological polar surface area (TPSA) is 8.17 Å². The number of anilines is 3. The highest BCUT2D eigenvalue weighted by Gasteiger charge is 2.16. The summed E-state index contributed by atoms with van der Waals surface area (Å²) in [6.45, 7) is 0. The molecule has 10 aromatic carbocycles. The van der Waals surface area contributed by atoms with Gasteiger partial charge in [0.25, 0.3) is 0 Å². The van der Waals surface area contributed by atoms with E-state index in [1.165, 1.54) is 76.7 Å². The van der Waals surface area contributed by atoms with Crippen molar-refractivity contribution < 1.29 is 0 Å². The van der Waals surface area contributed by atoms with Crippen LogP contribution < -0.4 is 4.90 Å². The molecule has 2 heteroatoms. The van der Waals surface area contributed by atoms with Gasteiger partial charge in [0.2, 0.25) is 0 Å². The summed E-state index contributed by atoms with van der Waals surface area (Å²) >= 11 is 0. The van der Waals surface area contributed by atoms with Crippen molar-refractivity contribution in [2.75, 3.05) is 4.90 Å². The monoisotopic (exact) mass is 738 g/mol. The molecule has 0 N–H and O–H groups in total. The molecule has 2 nitrogen and oxygen atoms in total. The van der Waals surface area contributed by atoms with E-state index in [1.807, 2.05) is 0 Å². The number of hydrogen-bond acceptors (Lipinski definition) is 1. The Morgan fingerprint density at radius 2 is 0.793 bits per heavy atom. The summed E-state index contributed by atoms with van der Waals surface area (Å²) in [4.78, 5) is 2.33. The third-order valence-electron chi connectivity index (χ3n) is 11.6. The summed E-state index contributed by atoms with van der Waals surface area (Å²) in [5, 5.41) is 7.53. The number of rotatable bonds is 7. The summed E-state index contributed by atoms with van der Waals surface area (Å²) in [6.07, 6.45) is 0. The summed E-state index contributed by atoms with van der Waals surface area (Å²) in [5.74, 6) is 0. The largest absolute Gasteiger partial charge is 0.311 e. The predicted octanol–water partition coefficient (Wildman–Crippen LogP) is 15.6. The highest BCUT2D eigenvalue weighted by molar-refractivity contribution is 6.10. The van der Waals surface area contributed by atoms with Crippen LogP contribution in [0.5, 0.6) is 0 Å². The molecule has 0 aliphatic carbocycles. The molecular weight excluding hydrogens is 701 g/mol. The van der Waals surface area contributed by atoms with E-state index in [-0.39, 0.29) is 0 Å². The third-order valence-corrected chi connectivity index (χ3v) is 11.6. The van der Waals surface area contributed by atoms with Gasteiger partial charge in [-0.15, -0.1) is 0 Å². The maximum absolute atomic E-state index is 2.40. The van der Waals surface area contributed by atoms with Crippen molar-refractivity contribution in [1.29, 1.82) is 0 Å². The number of nitrogens with zero attached hydrogens (tertiary/aromatic N) is 2. The summed E-state index contributed by atoms with van der Waals surface area (Å²) in [5.41, 5.74) is 14.2. The van der Waals surface area contributed by atoms with Gasteiger partial charge in [0.15, 0.2) is 0 Å². The Morgan fingerprint density at radius 3 is 1.53 bits per heavy atom. The fraction of sp³-hybridized carbons (Fsp3) is 0. The minimum Gasteiger partial charge on any atom is -0.311 e. The Morgan fingerprint density at radius 1 is 0.276 bits per heavy atom. The lowest BCUT2D eigenvalue weighted by atomic mass is 9.98. The zero-order valence-electron chi connectivity index (χ0n) is 31.8. The first kappa shape index (κ1) is 33.6. The summed E-state index contributed by atoms with van der Waals surface area (Å²) in [6, 6.07) is 83.6. The number of fused-ring (bicyclic) bond motifs is 5. The molecule has 0 atom stereocenters. The molecule has 0 spiro atoms. The molecule has 0 aliphatic heterocycles. The fourth-order valence-electron chi connectivity index (χ4n) is 8.70. The molecule has 0 bridgehead atoms. The quantitative estimate of drug-likeness (QED) is 0.158. The van der Waals surface area contributed by atoms with Crippen LogP contribution >= 0.6 is 0 Å². The molecule has 1 aromatic heterocycles. The Hall–Kier alpha value is -7.68. The van der Waals surface area contributed by atoms with Gasteiger partial charge in [0.05, 0.1) is 11.0 Å². The minimum atomic E-state index is 1.11. The molecule has 1 heterocycles. The van der Waals surface area contributed by atoms with E-state index < -0.39 is 0 Å². The standard InChI is InChI=1S/C56H38N2/c1-2-15-47(16-3-1)57(48-30-23-40(24-31-48)45-22-21-39-11-4-5-13-44(39)37-45)49-32-25-41(26-33-49)46-29-36-56-54(38-46)53-18-8-9-20-55(53)58(56)50-34-27-43(28-35-50)52-19-10-14-42-12-6-7-17-51(42)52/h1-38H. The Balaban J connectivity index is 0.928. The van der Waals surface area contributed by atoms with E-state index in [4.69, 9.17) is 0 Å². The molecule has 0 aliphatic rings. The summed E-state index contributed by atoms with van der Waals surface area (Å²) < 4.78 is 2.40. The molecule has 0 radical (unpaired) electrons. The van der Waals surface area contributed by atoms with Crippen LogP contribution in [0.1, 0.15) is 0 Å². The van der Waals surface area contributed by atoms with Gasteiger partial charge in [-0.1, -0.05) is 158 Å². The first-order chi connectivity index (χ1) is 28.7.